The Bertz CT molecular complexity index is 1180. The fourth-order valence-electron chi connectivity index (χ4n) is 4.53. The van der Waals surface area contributed by atoms with E-state index in [1.807, 2.05) is 6.92 Å². The summed E-state index contributed by atoms with van der Waals surface area (Å²) in [5.74, 6) is -1.74. The Morgan fingerprint density at radius 3 is 2.29 bits per heavy atom. The van der Waals surface area contributed by atoms with E-state index in [1.165, 1.54) is 21.3 Å². The van der Waals surface area contributed by atoms with Crippen LogP contribution in [0.25, 0.3) is 11.1 Å². The van der Waals surface area contributed by atoms with E-state index in [1.54, 1.807) is 30.3 Å². The molecule has 0 spiro atoms. The third kappa shape index (κ3) is 3.67. The van der Waals surface area contributed by atoms with E-state index < -0.39 is 35.4 Å². The number of methoxy groups -OCH3 is 3. The monoisotopic (exact) mass is 468 g/mol. The lowest BCUT2D eigenvalue weighted by Crippen LogP contribution is -2.58. The summed E-state index contributed by atoms with van der Waals surface area (Å²) in [7, 11) is 3.92. The van der Waals surface area contributed by atoms with Gasteiger partial charge < -0.3 is 23.7 Å². The van der Waals surface area contributed by atoms with Crippen molar-refractivity contribution < 1.29 is 42.9 Å². The van der Waals surface area contributed by atoms with Gasteiger partial charge in [0.05, 0.1) is 33.3 Å². The van der Waals surface area contributed by atoms with Crippen LogP contribution in [0.4, 0.5) is 0 Å². The summed E-state index contributed by atoms with van der Waals surface area (Å²) >= 11 is 0. The van der Waals surface area contributed by atoms with E-state index in [4.69, 9.17) is 23.7 Å². The first-order chi connectivity index (χ1) is 16.2. The molecule has 0 aromatic heterocycles. The molecule has 9 heteroatoms. The molecular formula is C25H24O9. The van der Waals surface area contributed by atoms with Crippen molar-refractivity contribution in [1.29, 1.82) is 0 Å². The standard InChI is InChI=1S/C25H24O9/c1-13-11-17(30-2)21-16(26)12-25(24(29)32-4,18-9-10-19(27)33-18)34-22(21)20(13)14-5-7-15(8-6-14)23(28)31-3/h5-8,11,18H,9-10,12H2,1-4H3. The molecular weight excluding hydrogens is 444 g/mol. The summed E-state index contributed by atoms with van der Waals surface area (Å²) in [6, 6.07) is 8.28. The quantitative estimate of drug-likeness (QED) is 0.482. The highest BCUT2D eigenvalue weighted by Gasteiger charge is 2.58. The molecule has 34 heavy (non-hydrogen) atoms. The van der Waals surface area contributed by atoms with E-state index in [0.29, 0.717) is 28.0 Å². The second-order valence-corrected chi connectivity index (χ2v) is 8.14. The Labute approximate surface area is 195 Å². The summed E-state index contributed by atoms with van der Waals surface area (Å²) in [6.45, 7) is 1.81. The van der Waals surface area contributed by atoms with E-state index in [0.717, 1.165) is 0 Å². The molecule has 4 rings (SSSR count). The van der Waals surface area contributed by atoms with Gasteiger partial charge in [-0.2, -0.15) is 0 Å². The van der Waals surface area contributed by atoms with Crippen LogP contribution in [0.3, 0.4) is 0 Å². The lowest BCUT2D eigenvalue weighted by Gasteiger charge is -2.39. The molecule has 0 radical (unpaired) electrons. The number of aryl methyl sites for hydroxylation is 1. The summed E-state index contributed by atoms with van der Waals surface area (Å²) < 4.78 is 26.9. The summed E-state index contributed by atoms with van der Waals surface area (Å²) in [6.07, 6.45) is -1.04. The van der Waals surface area contributed by atoms with Crippen LogP contribution in [0.1, 0.15) is 45.5 Å². The third-order valence-corrected chi connectivity index (χ3v) is 6.18. The number of cyclic esters (lactones) is 1. The largest absolute Gasteiger partial charge is 0.496 e. The first kappa shape index (κ1) is 23.3. The minimum absolute atomic E-state index is 0.104. The van der Waals surface area contributed by atoms with Crippen LogP contribution >= 0.6 is 0 Å². The van der Waals surface area contributed by atoms with Gasteiger partial charge >= 0.3 is 17.9 Å². The van der Waals surface area contributed by atoms with Gasteiger partial charge in [-0.1, -0.05) is 12.1 Å². The highest BCUT2D eigenvalue weighted by molar-refractivity contribution is 6.08. The molecule has 178 valence electrons. The molecule has 0 amide bonds. The number of rotatable bonds is 5. The zero-order chi connectivity index (χ0) is 24.6. The molecule has 0 bridgehead atoms. The summed E-state index contributed by atoms with van der Waals surface area (Å²) in [4.78, 5) is 50.2. The minimum atomic E-state index is -1.83. The van der Waals surface area contributed by atoms with Gasteiger partial charge in [0.1, 0.15) is 17.1 Å². The van der Waals surface area contributed by atoms with Crippen LogP contribution in [0.5, 0.6) is 11.5 Å². The number of hydrogen-bond donors (Lipinski definition) is 0. The predicted molar refractivity (Wildman–Crippen MR) is 118 cm³/mol. The smallest absolute Gasteiger partial charge is 0.354 e. The molecule has 1 saturated heterocycles. The van der Waals surface area contributed by atoms with Crippen LogP contribution in [-0.4, -0.2) is 56.7 Å². The molecule has 2 atom stereocenters. The molecule has 2 heterocycles. The molecule has 0 saturated carbocycles. The van der Waals surface area contributed by atoms with E-state index in [2.05, 4.69) is 0 Å². The van der Waals surface area contributed by atoms with Gasteiger partial charge in [-0.3, -0.25) is 9.59 Å². The van der Waals surface area contributed by atoms with Gasteiger partial charge in [-0.05, 0) is 42.7 Å². The van der Waals surface area contributed by atoms with Crippen molar-refractivity contribution in [3.8, 4) is 22.6 Å². The van der Waals surface area contributed by atoms with Crippen LogP contribution in [0, 0.1) is 6.92 Å². The van der Waals surface area contributed by atoms with Crippen LogP contribution in [-0.2, 0) is 23.8 Å². The van der Waals surface area contributed by atoms with Crippen LogP contribution in [0.2, 0.25) is 0 Å². The van der Waals surface area contributed by atoms with Gasteiger partial charge in [-0.15, -0.1) is 0 Å². The third-order valence-electron chi connectivity index (χ3n) is 6.18. The number of carbonyl (C=O) groups excluding carboxylic acids is 4. The Kier molecular flexibility index (Phi) is 6.03. The first-order valence-electron chi connectivity index (χ1n) is 10.7. The summed E-state index contributed by atoms with van der Waals surface area (Å²) in [5.41, 5.74) is 0.594. The molecule has 9 nitrogen and oxygen atoms in total. The zero-order valence-electron chi connectivity index (χ0n) is 19.3. The van der Waals surface area contributed by atoms with E-state index in [-0.39, 0.29) is 30.6 Å². The number of esters is 3. The van der Waals surface area contributed by atoms with Gasteiger partial charge in [0.15, 0.2) is 11.9 Å². The fourth-order valence-corrected chi connectivity index (χ4v) is 4.53. The van der Waals surface area contributed by atoms with Crippen molar-refractivity contribution >= 4 is 23.7 Å². The van der Waals surface area contributed by atoms with Gasteiger partial charge in [-0.25, -0.2) is 9.59 Å². The Morgan fingerprint density at radius 2 is 1.74 bits per heavy atom. The maximum absolute atomic E-state index is 13.4. The average molecular weight is 468 g/mol. The maximum Gasteiger partial charge on any atom is 0.354 e. The molecule has 0 N–H and O–H groups in total. The maximum atomic E-state index is 13.4. The zero-order valence-corrected chi connectivity index (χ0v) is 19.3. The second-order valence-electron chi connectivity index (χ2n) is 8.14. The molecule has 2 unspecified atom stereocenters. The number of benzene rings is 2. The molecule has 2 aromatic rings. The first-order valence-corrected chi connectivity index (χ1v) is 10.7. The highest BCUT2D eigenvalue weighted by atomic mass is 16.6. The minimum Gasteiger partial charge on any atom is -0.496 e. The number of Topliss-reactive ketones (excluding diaryl/α,β-unsaturated/α-hetero) is 1. The van der Waals surface area contributed by atoms with Crippen molar-refractivity contribution in [1.82, 2.24) is 0 Å². The number of ketones is 1. The SMILES string of the molecule is COC(=O)c1ccc(-c2c(C)cc(OC)c3c2OC(C(=O)OC)(C2CCC(=O)O2)CC3=O)cc1. The number of hydrogen-bond acceptors (Lipinski definition) is 9. The predicted octanol–water partition coefficient (Wildman–Crippen LogP) is 3.04. The van der Waals surface area contributed by atoms with Crippen LogP contribution < -0.4 is 9.47 Å². The Balaban J connectivity index is 1.92. The molecule has 0 aliphatic carbocycles. The van der Waals surface area contributed by atoms with Crippen LogP contribution in [0.15, 0.2) is 30.3 Å². The number of ether oxygens (including phenoxy) is 5. The lowest BCUT2D eigenvalue weighted by molar-refractivity contribution is -0.175. The van der Waals surface area contributed by atoms with Gasteiger partial charge in [0.2, 0.25) is 5.60 Å². The molecule has 2 aliphatic rings. The van der Waals surface area contributed by atoms with Crippen molar-refractivity contribution in [2.45, 2.75) is 37.9 Å². The van der Waals surface area contributed by atoms with Gasteiger partial charge in [0, 0.05) is 12.0 Å². The fraction of sp³-hybridized carbons (Fsp3) is 0.360. The Morgan fingerprint density at radius 1 is 1.03 bits per heavy atom. The number of fused-ring (bicyclic) bond motifs is 1. The molecule has 1 fully saturated rings. The van der Waals surface area contributed by atoms with Crippen molar-refractivity contribution in [3.63, 3.8) is 0 Å². The number of carbonyl (C=O) groups is 4. The average Bonchev–Trinajstić information content (AvgIpc) is 3.29. The van der Waals surface area contributed by atoms with Gasteiger partial charge in [0.25, 0.3) is 0 Å². The Hall–Kier alpha value is -3.88. The van der Waals surface area contributed by atoms with Crippen molar-refractivity contribution in [3.05, 3.63) is 47.0 Å². The van der Waals surface area contributed by atoms with Crippen molar-refractivity contribution in [2.75, 3.05) is 21.3 Å². The highest BCUT2D eigenvalue weighted by Crippen LogP contribution is 2.49. The second kappa shape index (κ2) is 8.81. The topological polar surface area (TPSA) is 114 Å². The summed E-state index contributed by atoms with van der Waals surface area (Å²) in [5, 5.41) is 0. The lowest BCUT2D eigenvalue weighted by atomic mass is 9.82. The molecule has 2 aliphatic heterocycles. The normalized spacial score (nSPS) is 21.2. The van der Waals surface area contributed by atoms with E-state index in [9.17, 15) is 19.2 Å². The van der Waals surface area contributed by atoms with E-state index >= 15 is 0 Å². The molecule has 2 aromatic carbocycles. The van der Waals surface area contributed by atoms with Crippen molar-refractivity contribution in [2.24, 2.45) is 0 Å².